The molecule has 3 unspecified atom stereocenters. The zero-order chi connectivity index (χ0) is 26.5. The second-order valence-electron chi connectivity index (χ2n) is 10.2. The molecule has 2 amide bonds. The number of benzene rings is 3. The molecule has 0 bridgehead atoms. The Morgan fingerprint density at radius 3 is 2.58 bits per heavy atom. The van der Waals surface area contributed by atoms with Gasteiger partial charge in [0.05, 0.1) is 4.91 Å². The third-order valence-electron chi connectivity index (χ3n) is 7.43. The van der Waals surface area contributed by atoms with Crippen LogP contribution in [-0.2, 0) is 22.6 Å². The first-order valence-electron chi connectivity index (χ1n) is 13.3. The van der Waals surface area contributed by atoms with Crippen LogP contribution in [0.4, 0.5) is 0 Å². The van der Waals surface area contributed by atoms with Crippen LogP contribution in [0.25, 0.3) is 6.08 Å². The minimum Gasteiger partial charge on any atom is -0.356 e. The summed E-state index contributed by atoms with van der Waals surface area (Å²) in [5.41, 5.74) is 4.48. The van der Waals surface area contributed by atoms with E-state index < -0.39 is 0 Å². The van der Waals surface area contributed by atoms with Crippen molar-refractivity contribution >= 4 is 41.3 Å². The van der Waals surface area contributed by atoms with Crippen molar-refractivity contribution in [1.82, 2.24) is 10.2 Å². The number of thioether (sulfide) groups is 1. The van der Waals surface area contributed by atoms with E-state index in [1.165, 1.54) is 5.56 Å². The van der Waals surface area contributed by atoms with E-state index >= 15 is 0 Å². The Kier molecular flexibility index (Phi) is 8.55. The standard InChI is InChI=1S/C32H33ClN2O2S/c1-22-6-5-9-25(18-22)21-35-28-20-26(31(36)34-17-16-23-10-13-27(33)14-11-23)12-15-29(28)38-30(32(35)37)19-24-7-3-2-4-8-24/h2-11,13-14,18-19,26,28-29H,12,15-17,20-21H2,1H3,(H,34,36)/b30-19-. The minimum atomic E-state index is -0.0884. The Hall–Kier alpha value is -3.02. The molecule has 1 aliphatic carbocycles. The molecule has 0 radical (unpaired) electrons. The number of rotatable bonds is 7. The minimum absolute atomic E-state index is 0.0294. The Bertz CT molecular complexity index is 1310. The van der Waals surface area contributed by atoms with Crippen molar-refractivity contribution in [3.05, 3.63) is 111 Å². The average molecular weight is 545 g/mol. The Morgan fingerprint density at radius 2 is 1.82 bits per heavy atom. The van der Waals surface area contributed by atoms with E-state index in [0.29, 0.717) is 24.5 Å². The SMILES string of the molecule is Cc1cccc(CN2C(=O)/C(=C/c3ccccc3)SC3CCC(C(=O)NCCc4ccc(Cl)cc4)CC32)c1. The van der Waals surface area contributed by atoms with Gasteiger partial charge in [-0.2, -0.15) is 0 Å². The zero-order valence-corrected chi connectivity index (χ0v) is 23.2. The second-order valence-corrected chi connectivity index (χ2v) is 12.0. The van der Waals surface area contributed by atoms with Gasteiger partial charge in [-0.25, -0.2) is 0 Å². The molecular weight excluding hydrogens is 512 g/mol. The fourth-order valence-electron chi connectivity index (χ4n) is 5.45. The van der Waals surface area contributed by atoms with E-state index in [0.717, 1.165) is 40.9 Å². The van der Waals surface area contributed by atoms with Crippen LogP contribution >= 0.6 is 23.4 Å². The van der Waals surface area contributed by atoms with Crippen LogP contribution in [0.5, 0.6) is 0 Å². The van der Waals surface area contributed by atoms with Crippen LogP contribution in [0.1, 0.15) is 41.5 Å². The number of fused-ring (bicyclic) bond motifs is 1. The molecule has 0 aromatic heterocycles. The first kappa shape index (κ1) is 26.6. The molecule has 5 rings (SSSR count). The second kappa shape index (κ2) is 12.2. The first-order valence-corrected chi connectivity index (χ1v) is 14.5. The molecule has 1 N–H and O–H groups in total. The van der Waals surface area contributed by atoms with Crippen molar-refractivity contribution in [2.24, 2.45) is 5.92 Å². The van der Waals surface area contributed by atoms with Crippen molar-refractivity contribution < 1.29 is 9.59 Å². The predicted molar refractivity (Wildman–Crippen MR) is 157 cm³/mol. The summed E-state index contributed by atoms with van der Waals surface area (Å²) in [6.07, 6.45) is 5.23. The summed E-state index contributed by atoms with van der Waals surface area (Å²) >= 11 is 7.67. The van der Waals surface area contributed by atoms with Crippen LogP contribution in [0.2, 0.25) is 5.02 Å². The predicted octanol–water partition coefficient (Wildman–Crippen LogP) is 6.66. The summed E-state index contributed by atoms with van der Waals surface area (Å²) in [7, 11) is 0. The lowest BCUT2D eigenvalue weighted by molar-refractivity contribution is -0.133. The van der Waals surface area contributed by atoms with Crippen molar-refractivity contribution in [1.29, 1.82) is 0 Å². The van der Waals surface area contributed by atoms with Gasteiger partial charge in [0.2, 0.25) is 5.91 Å². The van der Waals surface area contributed by atoms with Gasteiger partial charge in [-0.15, -0.1) is 11.8 Å². The zero-order valence-electron chi connectivity index (χ0n) is 21.6. The number of hydrogen-bond acceptors (Lipinski definition) is 3. The highest BCUT2D eigenvalue weighted by molar-refractivity contribution is 8.04. The van der Waals surface area contributed by atoms with Gasteiger partial charge in [-0.05, 0) is 67.5 Å². The van der Waals surface area contributed by atoms with Crippen LogP contribution in [0, 0.1) is 12.8 Å². The van der Waals surface area contributed by atoms with E-state index in [9.17, 15) is 9.59 Å². The maximum atomic E-state index is 13.8. The van der Waals surface area contributed by atoms with Crippen molar-refractivity contribution in [2.75, 3.05) is 6.54 Å². The lowest BCUT2D eigenvalue weighted by Gasteiger charge is -2.46. The van der Waals surface area contributed by atoms with Crippen LogP contribution in [0.15, 0.2) is 83.8 Å². The van der Waals surface area contributed by atoms with Crippen molar-refractivity contribution in [3.63, 3.8) is 0 Å². The fraction of sp³-hybridized carbons (Fsp3) is 0.312. The molecule has 1 aliphatic heterocycles. The number of carbonyl (C=O) groups is 2. The number of nitrogens with zero attached hydrogens (tertiary/aromatic N) is 1. The van der Waals surface area contributed by atoms with Gasteiger partial charge in [-0.1, -0.05) is 83.9 Å². The summed E-state index contributed by atoms with van der Waals surface area (Å²) in [5.74, 6) is 0.0657. The molecule has 38 heavy (non-hydrogen) atoms. The molecule has 2 aliphatic rings. The lowest BCUT2D eigenvalue weighted by atomic mass is 9.83. The number of carbonyl (C=O) groups excluding carboxylic acids is 2. The first-order chi connectivity index (χ1) is 18.5. The topological polar surface area (TPSA) is 49.4 Å². The van der Waals surface area contributed by atoms with E-state index in [1.807, 2.05) is 71.6 Å². The number of halogens is 1. The van der Waals surface area contributed by atoms with Gasteiger partial charge in [0.15, 0.2) is 0 Å². The molecule has 0 spiro atoms. The highest BCUT2D eigenvalue weighted by atomic mass is 35.5. The molecule has 3 aromatic rings. The third-order valence-corrected chi connectivity index (χ3v) is 9.09. The number of nitrogens with one attached hydrogen (secondary N) is 1. The van der Waals surface area contributed by atoms with Crippen molar-refractivity contribution in [3.8, 4) is 0 Å². The highest BCUT2D eigenvalue weighted by Crippen LogP contribution is 2.44. The quantitative estimate of drug-likeness (QED) is 0.338. The van der Waals surface area contributed by atoms with Gasteiger partial charge >= 0.3 is 0 Å². The van der Waals surface area contributed by atoms with Gasteiger partial charge in [0.1, 0.15) is 0 Å². The largest absolute Gasteiger partial charge is 0.356 e. The van der Waals surface area contributed by atoms with Gasteiger partial charge in [0.25, 0.3) is 5.91 Å². The molecule has 3 atom stereocenters. The molecule has 1 heterocycles. The van der Waals surface area contributed by atoms with E-state index in [2.05, 4.69) is 30.4 Å². The summed E-state index contributed by atoms with van der Waals surface area (Å²) in [6, 6.07) is 26.2. The maximum Gasteiger partial charge on any atom is 0.260 e. The van der Waals surface area contributed by atoms with E-state index in [1.54, 1.807) is 11.8 Å². The van der Waals surface area contributed by atoms with Gasteiger partial charge < -0.3 is 10.2 Å². The normalized spacial score (nSPS) is 22.3. The molecule has 6 heteroatoms. The van der Waals surface area contributed by atoms with Crippen LogP contribution in [0.3, 0.4) is 0 Å². The number of hydrogen-bond donors (Lipinski definition) is 1. The molecule has 4 nitrogen and oxygen atoms in total. The number of aryl methyl sites for hydroxylation is 1. The van der Waals surface area contributed by atoms with Crippen LogP contribution in [-0.4, -0.2) is 34.6 Å². The molecule has 3 aromatic carbocycles. The summed E-state index contributed by atoms with van der Waals surface area (Å²) in [6.45, 7) is 3.22. The molecule has 2 fully saturated rings. The highest BCUT2D eigenvalue weighted by Gasteiger charge is 2.44. The van der Waals surface area contributed by atoms with E-state index in [-0.39, 0.29) is 29.0 Å². The van der Waals surface area contributed by atoms with E-state index in [4.69, 9.17) is 11.6 Å². The number of amides is 2. The molecular formula is C32H33ClN2O2S. The van der Waals surface area contributed by atoms with Crippen LogP contribution < -0.4 is 5.32 Å². The van der Waals surface area contributed by atoms with Gasteiger partial charge in [-0.3, -0.25) is 9.59 Å². The summed E-state index contributed by atoms with van der Waals surface area (Å²) in [4.78, 5) is 29.8. The smallest absolute Gasteiger partial charge is 0.260 e. The van der Waals surface area contributed by atoms with Crippen molar-refractivity contribution in [2.45, 2.75) is 50.4 Å². The lowest BCUT2D eigenvalue weighted by Crippen LogP contribution is -2.53. The Morgan fingerprint density at radius 1 is 1.03 bits per heavy atom. The molecule has 1 saturated heterocycles. The molecule has 196 valence electrons. The average Bonchev–Trinajstić information content (AvgIpc) is 2.92. The monoisotopic (exact) mass is 544 g/mol. The Labute approximate surface area is 234 Å². The summed E-state index contributed by atoms with van der Waals surface area (Å²) < 4.78 is 0. The molecule has 1 saturated carbocycles. The van der Waals surface area contributed by atoms with Gasteiger partial charge in [0, 0.05) is 35.3 Å². The summed E-state index contributed by atoms with van der Waals surface area (Å²) in [5, 5.41) is 4.14. The maximum absolute atomic E-state index is 13.8. The Balaban J connectivity index is 1.30. The fourth-order valence-corrected chi connectivity index (χ4v) is 6.99. The third kappa shape index (κ3) is 6.51.